The van der Waals surface area contributed by atoms with Crippen LogP contribution in [0.15, 0.2) is 46.8 Å². The van der Waals surface area contributed by atoms with Crippen molar-refractivity contribution in [3.05, 3.63) is 58.6 Å². The number of rotatable bonds is 7. The van der Waals surface area contributed by atoms with Gasteiger partial charge < -0.3 is 10.6 Å². The van der Waals surface area contributed by atoms with E-state index >= 15 is 0 Å². The maximum absolute atomic E-state index is 12.2. The Hall–Kier alpha value is -2.09. The highest BCUT2D eigenvalue weighted by molar-refractivity contribution is 8.01. The zero-order valence-electron chi connectivity index (χ0n) is 15.0. The van der Waals surface area contributed by atoms with Crippen LogP contribution >= 0.6 is 34.7 Å². The minimum Gasteiger partial charge on any atom is -0.330 e. The van der Waals surface area contributed by atoms with Crippen molar-refractivity contribution in [2.24, 2.45) is 0 Å². The second-order valence-corrected chi connectivity index (χ2v) is 8.48. The molecule has 2 N–H and O–H groups in total. The number of hydrogen-bond donors (Lipinski definition) is 2. The molecule has 0 aliphatic heterocycles. The van der Waals surface area contributed by atoms with E-state index in [2.05, 4.69) is 39.9 Å². The normalized spacial score (nSPS) is 10.6. The van der Waals surface area contributed by atoms with Crippen LogP contribution < -0.4 is 10.6 Å². The Balaban J connectivity index is 1.52. The summed E-state index contributed by atoms with van der Waals surface area (Å²) in [5.74, 6) is 0.149. The lowest BCUT2D eigenvalue weighted by Crippen LogP contribution is -2.14. The Morgan fingerprint density at radius 1 is 1.19 bits per heavy atom. The van der Waals surface area contributed by atoms with E-state index in [-0.39, 0.29) is 11.7 Å². The molecule has 0 spiro atoms. The predicted octanol–water partition coefficient (Wildman–Crippen LogP) is 5.54. The monoisotopic (exact) mass is 418 g/mol. The Bertz CT molecular complexity index is 928. The van der Waals surface area contributed by atoms with E-state index in [0.29, 0.717) is 10.2 Å². The molecule has 0 atom stereocenters. The predicted molar refractivity (Wildman–Crippen MR) is 115 cm³/mol. The summed E-state index contributed by atoms with van der Waals surface area (Å²) in [5.41, 5.74) is 3.95. The van der Waals surface area contributed by atoms with Crippen LogP contribution in [0.25, 0.3) is 0 Å². The van der Waals surface area contributed by atoms with Crippen molar-refractivity contribution in [2.75, 3.05) is 16.4 Å². The number of hydrogen-bond acceptors (Lipinski definition) is 6. The van der Waals surface area contributed by atoms with E-state index in [9.17, 15) is 4.79 Å². The minimum absolute atomic E-state index is 0.106. The van der Waals surface area contributed by atoms with Gasteiger partial charge in [-0.15, -0.1) is 10.2 Å². The first-order valence-corrected chi connectivity index (χ1v) is 10.6. The molecule has 2 aromatic carbocycles. The lowest BCUT2D eigenvalue weighted by molar-refractivity contribution is -0.113. The number of aryl methyl sites for hydroxylation is 2. The van der Waals surface area contributed by atoms with Crippen molar-refractivity contribution < 1.29 is 4.79 Å². The van der Waals surface area contributed by atoms with Gasteiger partial charge in [-0.25, -0.2) is 0 Å². The molecule has 0 aliphatic rings. The Morgan fingerprint density at radius 3 is 2.70 bits per heavy atom. The molecule has 0 fully saturated rings. The second kappa shape index (κ2) is 9.21. The molecule has 0 radical (unpaired) electrons. The Kier molecular flexibility index (Phi) is 6.71. The van der Waals surface area contributed by atoms with Crippen molar-refractivity contribution in [1.29, 1.82) is 0 Å². The SMILES string of the molecule is CCc1ccc(Nc2nnc(SCC(=O)Nc3cc(Cl)ccc3C)s2)cc1. The molecule has 3 aromatic rings. The van der Waals surface area contributed by atoms with Crippen molar-refractivity contribution >= 4 is 57.1 Å². The summed E-state index contributed by atoms with van der Waals surface area (Å²) < 4.78 is 0.737. The first kappa shape index (κ1) is 19.7. The van der Waals surface area contributed by atoms with Gasteiger partial charge in [-0.1, -0.05) is 59.8 Å². The molecule has 0 unspecified atom stereocenters. The van der Waals surface area contributed by atoms with Gasteiger partial charge in [-0.2, -0.15) is 0 Å². The first-order chi connectivity index (χ1) is 13.0. The lowest BCUT2D eigenvalue weighted by atomic mass is 10.1. The maximum atomic E-state index is 12.2. The summed E-state index contributed by atoms with van der Waals surface area (Å²) in [7, 11) is 0. The van der Waals surface area contributed by atoms with Gasteiger partial charge in [-0.05, 0) is 48.7 Å². The van der Waals surface area contributed by atoms with E-state index in [1.807, 2.05) is 25.1 Å². The minimum atomic E-state index is -0.106. The van der Waals surface area contributed by atoms with Gasteiger partial charge in [0, 0.05) is 16.4 Å². The molecule has 3 rings (SSSR count). The fourth-order valence-electron chi connectivity index (χ4n) is 2.31. The lowest BCUT2D eigenvalue weighted by Gasteiger charge is -2.08. The van der Waals surface area contributed by atoms with Crippen molar-refractivity contribution in [3.8, 4) is 0 Å². The third kappa shape index (κ3) is 5.69. The van der Waals surface area contributed by atoms with Gasteiger partial charge in [0.05, 0.1) is 5.75 Å². The molecule has 27 heavy (non-hydrogen) atoms. The van der Waals surface area contributed by atoms with Gasteiger partial charge in [-0.3, -0.25) is 4.79 Å². The van der Waals surface area contributed by atoms with E-state index in [4.69, 9.17) is 11.6 Å². The summed E-state index contributed by atoms with van der Waals surface area (Å²) >= 11 is 8.75. The fourth-order valence-corrected chi connectivity index (χ4v) is 4.05. The molecule has 0 bridgehead atoms. The molecule has 0 aliphatic carbocycles. The molecule has 8 heteroatoms. The van der Waals surface area contributed by atoms with Crippen LogP contribution in [0.5, 0.6) is 0 Å². The summed E-state index contributed by atoms with van der Waals surface area (Å²) in [6, 6.07) is 13.6. The summed E-state index contributed by atoms with van der Waals surface area (Å²) in [4.78, 5) is 12.2. The van der Waals surface area contributed by atoms with Crippen LogP contribution in [0, 0.1) is 6.92 Å². The number of nitrogens with one attached hydrogen (secondary N) is 2. The van der Waals surface area contributed by atoms with Gasteiger partial charge in [0.2, 0.25) is 11.0 Å². The number of benzene rings is 2. The molecular formula is C19H19ClN4OS2. The molecule has 0 saturated carbocycles. The quantitative estimate of drug-likeness (QED) is 0.493. The van der Waals surface area contributed by atoms with Crippen LogP contribution in [0.1, 0.15) is 18.1 Å². The number of nitrogens with zero attached hydrogens (tertiary/aromatic N) is 2. The van der Waals surface area contributed by atoms with Gasteiger partial charge in [0.1, 0.15) is 0 Å². The summed E-state index contributed by atoms with van der Waals surface area (Å²) in [5, 5.41) is 15.7. The molecule has 1 heterocycles. The van der Waals surface area contributed by atoms with Gasteiger partial charge in [0.25, 0.3) is 0 Å². The van der Waals surface area contributed by atoms with E-state index in [0.717, 1.165) is 27.7 Å². The van der Waals surface area contributed by atoms with Crippen molar-refractivity contribution in [3.63, 3.8) is 0 Å². The molecule has 0 saturated heterocycles. The number of halogens is 1. The molecule has 1 aromatic heterocycles. The molecule has 140 valence electrons. The highest BCUT2D eigenvalue weighted by Crippen LogP contribution is 2.28. The fraction of sp³-hybridized carbons (Fsp3) is 0.211. The zero-order chi connectivity index (χ0) is 19.2. The topological polar surface area (TPSA) is 66.9 Å². The van der Waals surface area contributed by atoms with Gasteiger partial charge in [0.15, 0.2) is 4.34 Å². The first-order valence-electron chi connectivity index (χ1n) is 8.41. The van der Waals surface area contributed by atoms with Gasteiger partial charge >= 0.3 is 0 Å². The molecule has 1 amide bonds. The Labute approximate surface area is 171 Å². The van der Waals surface area contributed by atoms with Crippen molar-refractivity contribution in [1.82, 2.24) is 10.2 Å². The van der Waals surface area contributed by atoms with Crippen molar-refractivity contribution in [2.45, 2.75) is 24.6 Å². The van der Waals surface area contributed by atoms with E-state index < -0.39 is 0 Å². The second-order valence-electron chi connectivity index (χ2n) is 5.84. The van der Waals surface area contributed by atoms with Crippen LogP contribution in [0.4, 0.5) is 16.5 Å². The van der Waals surface area contributed by atoms with E-state index in [1.54, 1.807) is 12.1 Å². The molecule has 5 nitrogen and oxygen atoms in total. The van der Waals surface area contributed by atoms with Crippen LogP contribution in [0.2, 0.25) is 5.02 Å². The number of aromatic nitrogens is 2. The van der Waals surface area contributed by atoms with Crippen LogP contribution in [-0.2, 0) is 11.2 Å². The third-order valence-corrected chi connectivity index (χ3v) is 6.03. The summed E-state index contributed by atoms with van der Waals surface area (Å²) in [6.07, 6.45) is 1.01. The number of amides is 1. The zero-order valence-corrected chi connectivity index (χ0v) is 17.3. The van der Waals surface area contributed by atoms with Crippen LogP contribution in [-0.4, -0.2) is 21.9 Å². The largest absolute Gasteiger partial charge is 0.330 e. The number of carbonyl (C=O) groups excluding carboxylic acids is 1. The number of anilines is 3. The standard InChI is InChI=1S/C19H19ClN4OS2/c1-3-13-5-8-15(9-6-13)21-18-23-24-19(27-18)26-11-17(25)22-16-10-14(20)7-4-12(16)2/h4-10H,3,11H2,1-2H3,(H,21,23)(H,22,25). The highest BCUT2D eigenvalue weighted by Gasteiger charge is 2.10. The van der Waals surface area contributed by atoms with E-state index in [1.165, 1.54) is 28.7 Å². The number of thioether (sulfide) groups is 1. The Morgan fingerprint density at radius 2 is 1.96 bits per heavy atom. The number of carbonyl (C=O) groups is 1. The average molecular weight is 419 g/mol. The highest BCUT2D eigenvalue weighted by atomic mass is 35.5. The third-order valence-electron chi connectivity index (χ3n) is 3.82. The summed E-state index contributed by atoms with van der Waals surface area (Å²) in [6.45, 7) is 4.05. The van der Waals surface area contributed by atoms with Crippen LogP contribution in [0.3, 0.4) is 0 Å². The maximum Gasteiger partial charge on any atom is 0.234 e. The molecular weight excluding hydrogens is 400 g/mol. The average Bonchev–Trinajstić information content (AvgIpc) is 3.11. The smallest absolute Gasteiger partial charge is 0.234 e.